The lowest BCUT2D eigenvalue weighted by Gasteiger charge is -2.16. The summed E-state index contributed by atoms with van der Waals surface area (Å²) < 4.78 is 2.05. The summed E-state index contributed by atoms with van der Waals surface area (Å²) in [6, 6.07) is 1.97. The molecule has 19 heavy (non-hydrogen) atoms. The van der Waals surface area contributed by atoms with Crippen LogP contribution in [-0.4, -0.2) is 46.1 Å². The molecule has 1 aliphatic heterocycles. The molecule has 2 atom stereocenters. The van der Waals surface area contributed by atoms with E-state index in [0.29, 0.717) is 12.5 Å². The van der Waals surface area contributed by atoms with Crippen molar-refractivity contribution in [1.29, 1.82) is 0 Å². The summed E-state index contributed by atoms with van der Waals surface area (Å²) in [5.74, 6) is 0.499. The Kier molecular flexibility index (Phi) is 4.11. The molecule has 1 N–H and O–H groups in total. The number of rotatable bonds is 4. The second-order valence-corrected chi connectivity index (χ2v) is 5.79. The summed E-state index contributed by atoms with van der Waals surface area (Å²) in [6.07, 6.45) is 0.707. The van der Waals surface area contributed by atoms with Gasteiger partial charge >= 0.3 is 0 Å². The number of aliphatic hydroxyl groups excluding tert-OH is 1. The van der Waals surface area contributed by atoms with E-state index in [1.807, 2.05) is 33.9 Å². The molecule has 1 fully saturated rings. The van der Waals surface area contributed by atoms with Crippen LogP contribution in [-0.2, 0) is 7.05 Å². The van der Waals surface area contributed by atoms with Gasteiger partial charge in [-0.3, -0.25) is 9.69 Å². The Morgan fingerprint density at radius 3 is 2.68 bits per heavy atom. The van der Waals surface area contributed by atoms with Crippen LogP contribution in [0.25, 0.3) is 0 Å². The quantitative estimate of drug-likeness (QED) is 0.839. The number of hydrogen-bond acceptors (Lipinski definition) is 3. The van der Waals surface area contributed by atoms with Gasteiger partial charge in [0.05, 0.1) is 12.6 Å². The SMILES string of the molecule is Cc1cc(C(=O)CN2CCC(C(C)O)C2)c(C)n1C. The lowest BCUT2D eigenvalue weighted by atomic mass is 10.0. The highest BCUT2D eigenvalue weighted by Gasteiger charge is 2.27. The number of aryl methyl sites for hydroxylation is 1. The molecule has 2 heterocycles. The van der Waals surface area contributed by atoms with E-state index in [9.17, 15) is 9.90 Å². The first-order valence-electron chi connectivity index (χ1n) is 6.96. The molecule has 0 bridgehead atoms. The van der Waals surface area contributed by atoms with Crippen molar-refractivity contribution in [2.75, 3.05) is 19.6 Å². The molecule has 2 unspecified atom stereocenters. The van der Waals surface area contributed by atoms with E-state index in [-0.39, 0.29) is 11.9 Å². The van der Waals surface area contributed by atoms with Crippen molar-refractivity contribution < 1.29 is 9.90 Å². The number of ketones is 1. The topological polar surface area (TPSA) is 45.5 Å². The van der Waals surface area contributed by atoms with Gasteiger partial charge in [0.2, 0.25) is 0 Å². The molecule has 0 aliphatic carbocycles. The summed E-state index contributed by atoms with van der Waals surface area (Å²) in [6.45, 7) is 8.04. The van der Waals surface area contributed by atoms with E-state index in [0.717, 1.165) is 36.5 Å². The van der Waals surface area contributed by atoms with E-state index >= 15 is 0 Å². The second kappa shape index (κ2) is 5.47. The molecular formula is C15H24N2O2. The van der Waals surface area contributed by atoms with Crippen LogP contribution in [0, 0.1) is 19.8 Å². The number of hydrogen-bond donors (Lipinski definition) is 1. The molecule has 4 heteroatoms. The van der Waals surface area contributed by atoms with Gasteiger partial charge in [-0.15, -0.1) is 0 Å². The molecule has 106 valence electrons. The fourth-order valence-corrected chi connectivity index (χ4v) is 2.83. The number of aliphatic hydroxyl groups is 1. The maximum atomic E-state index is 12.3. The van der Waals surface area contributed by atoms with Gasteiger partial charge in [0.15, 0.2) is 5.78 Å². The summed E-state index contributed by atoms with van der Waals surface area (Å²) in [5.41, 5.74) is 2.98. The third-order valence-electron chi connectivity index (χ3n) is 4.43. The Hall–Kier alpha value is -1.13. The van der Waals surface area contributed by atoms with Crippen LogP contribution in [0.3, 0.4) is 0 Å². The maximum Gasteiger partial charge on any atom is 0.178 e. The van der Waals surface area contributed by atoms with Crippen LogP contribution < -0.4 is 0 Å². The monoisotopic (exact) mass is 264 g/mol. The lowest BCUT2D eigenvalue weighted by molar-refractivity contribution is 0.0925. The average molecular weight is 264 g/mol. The van der Waals surface area contributed by atoms with Gasteiger partial charge in [0, 0.05) is 30.5 Å². The molecule has 4 nitrogen and oxygen atoms in total. The second-order valence-electron chi connectivity index (χ2n) is 5.79. The molecule has 0 amide bonds. The number of nitrogens with zero attached hydrogens (tertiary/aromatic N) is 2. The van der Waals surface area contributed by atoms with Crippen LogP contribution in [0.4, 0.5) is 0 Å². The Labute approximate surface area is 115 Å². The van der Waals surface area contributed by atoms with Crippen molar-refractivity contribution >= 4 is 5.78 Å². The average Bonchev–Trinajstić information content (AvgIpc) is 2.90. The highest BCUT2D eigenvalue weighted by Crippen LogP contribution is 2.21. The van der Waals surface area contributed by atoms with Gasteiger partial charge < -0.3 is 9.67 Å². The third kappa shape index (κ3) is 2.90. The standard InChI is InChI=1S/C15H24N2O2/c1-10-7-14(11(2)16(10)4)15(19)9-17-6-5-13(8-17)12(3)18/h7,12-13,18H,5-6,8-9H2,1-4H3. The molecule has 0 aromatic carbocycles. The predicted octanol–water partition coefficient (Wildman–Crippen LogP) is 1.53. The van der Waals surface area contributed by atoms with Gasteiger partial charge in [-0.1, -0.05) is 0 Å². The van der Waals surface area contributed by atoms with Gasteiger partial charge in [-0.05, 0) is 45.7 Å². The van der Waals surface area contributed by atoms with E-state index in [1.54, 1.807) is 0 Å². The van der Waals surface area contributed by atoms with Gasteiger partial charge in [-0.25, -0.2) is 0 Å². The Morgan fingerprint density at radius 2 is 2.21 bits per heavy atom. The zero-order chi connectivity index (χ0) is 14.2. The highest BCUT2D eigenvalue weighted by molar-refractivity contribution is 5.99. The van der Waals surface area contributed by atoms with Gasteiger partial charge in [0.1, 0.15) is 0 Å². The fraction of sp³-hybridized carbons (Fsp3) is 0.667. The van der Waals surface area contributed by atoms with E-state index < -0.39 is 0 Å². The molecule has 1 aromatic heterocycles. The number of carbonyl (C=O) groups is 1. The van der Waals surface area contributed by atoms with E-state index in [1.165, 1.54) is 0 Å². The zero-order valence-corrected chi connectivity index (χ0v) is 12.3. The van der Waals surface area contributed by atoms with Crippen LogP contribution in [0.5, 0.6) is 0 Å². The Morgan fingerprint density at radius 1 is 1.53 bits per heavy atom. The van der Waals surface area contributed by atoms with Crippen molar-refractivity contribution in [3.63, 3.8) is 0 Å². The number of aromatic nitrogens is 1. The minimum Gasteiger partial charge on any atom is -0.393 e. The molecule has 1 aliphatic rings. The lowest BCUT2D eigenvalue weighted by Crippen LogP contribution is -2.29. The highest BCUT2D eigenvalue weighted by atomic mass is 16.3. The van der Waals surface area contributed by atoms with Crippen molar-refractivity contribution in [2.24, 2.45) is 13.0 Å². The summed E-state index contributed by atoms with van der Waals surface area (Å²) in [5, 5.41) is 9.59. The molecule has 0 spiro atoms. The number of Topliss-reactive ketones (excluding diaryl/α,β-unsaturated/α-hetero) is 1. The number of likely N-dealkylation sites (tertiary alicyclic amines) is 1. The van der Waals surface area contributed by atoms with Gasteiger partial charge in [-0.2, -0.15) is 0 Å². The molecule has 1 aromatic rings. The smallest absolute Gasteiger partial charge is 0.178 e. The molecular weight excluding hydrogens is 240 g/mol. The molecule has 0 saturated carbocycles. The minimum atomic E-state index is -0.277. The van der Waals surface area contributed by atoms with Crippen LogP contribution >= 0.6 is 0 Å². The van der Waals surface area contributed by atoms with E-state index in [2.05, 4.69) is 9.47 Å². The largest absolute Gasteiger partial charge is 0.393 e. The summed E-state index contributed by atoms with van der Waals surface area (Å²) in [4.78, 5) is 14.5. The van der Waals surface area contributed by atoms with Crippen molar-refractivity contribution in [1.82, 2.24) is 9.47 Å². The summed E-state index contributed by atoms with van der Waals surface area (Å²) >= 11 is 0. The van der Waals surface area contributed by atoms with E-state index in [4.69, 9.17) is 0 Å². The first-order chi connectivity index (χ1) is 8.90. The van der Waals surface area contributed by atoms with Gasteiger partial charge in [0.25, 0.3) is 0 Å². The molecule has 1 saturated heterocycles. The first-order valence-corrected chi connectivity index (χ1v) is 6.96. The van der Waals surface area contributed by atoms with Crippen LogP contribution in [0.15, 0.2) is 6.07 Å². The molecule has 0 radical (unpaired) electrons. The van der Waals surface area contributed by atoms with Crippen molar-refractivity contribution in [2.45, 2.75) is 33.3 Å². The Balaban J connectivity index is 2.00. The maximum absolute atomic E-state index is 12.3. The first kappa shape index (κ1) is 14.3. The predicted molar refractivity (Wildman–Crippen MR) is 75.4 cm³/mol. The molecule has 2 rings (SSSR count). The minimum absolute atomic E-state index is 0.187. The van der Waals surface area contributed by atoms with Crippen LogP contribution in [0.2, 0.25) is 0 Å². The summed E-state index contributed by atoms with van der Waals surface area (Å²) in [7, 11) is 1.99. The Bertz CT molecular complexity index is 477. The zero-order valence-electron chi connectivity index (χ0n) is 12.3. The number of carbonyl (C=O) groups excluding carboxylic acids is 1. The van der Waals surface area contributed by atoms with Crippen molar-refractivity contribution in [3.8, 4) is 0 Å². The van der Waals surface area contributed by atoms with Crippen LogP contribution in [0.1, 0.15) is 35.1 Å². The fourth-order valence-electron chi connectivity index (χ4n) is 2.83. The third-order valence-corrected chi connectivity index (χ3v) is 4.43. The normalized spacial score (nSPS) is 21.8. The van der Waals surface area contributed by atoms with Crippen molar-refractivity contribution in [3.05, 3.63) is 23.0 Å².